The molecule has 0 atom stereocenters. The van der Waals surface area contributed by atoms with Gasteiger partial charge in [-0.3, -0.25) is 0 Å². The SMILES string of the molecule is NC1CC(c2ccc(Cl)cc2Cl)C1. The van der Waals surface area contributed by atoms with Gasteiger partial charge in [-0.15, -0.1) is 0 Å². The molecule has 1 aromatic rings. The lowest BCUT2D eigenvalue weighted by Gasteiger charge is -2.33. The number of rotatable bonds is 1. The summed E-state index contributed by atoms with van der Waals surface area (Å²) in [7, 11) is 0. The van der Waals surface area contributed by atoms with Crippen molar-refractivity contribution in [3.05, 3.63) is 33.8 Å². The number of benzene rings is 1. The Morgan fingerprint density at radius 1 is 1.23 bits per heavy atom. The summed E-state index contributed by atoms with van der Waals surface area (Å²) >= 11 is 11.9. The second kappa shape index (κ2) is 3.49. The van der Waals surface area contributed by atoms with Crippen LogP contribution in [-0.4, -0.2) is 6.04 Å². The van der Waals surface area contributed by atoms with Gasteiger partial charge in [0.25, 0.3) is 0 Å². The van der Waals surface area contributed by atoms with Crippen LogP contribution in [0.2, 0.25) is 10.0 Å². The zero-order valence-electron chi connectivity index (χ0n) is 7.13. The molecule has 0 aromatic heterocycles. The Labute approximate surface area is 87.8 Å². The Kier molecular flexibility index (Phi) is 2.50. The second-order valence-electron chi connectivity index (χ2n) is 3.59. The van der Waals surface area contributed by atoms with Crippen LogP contribution in [0.5, 0.6) is 0 Å². The topological polar surface area (TPSA) is 26.0 Å². The van der Waals surface area contributed by atoms with Crippen LogP contribution in [0.15, 0.2) is 18.2 Å². The summed E-state index contributed by atoms with van der Waals surface area (Å²) in [6, 6.07) is 6.03. The van der Waals surface area contributed by atoms with Crippen LogP contribution in [0.1, 0.15) is 24.3 Å². The van der Waals surface area contributed by atoms with Crippen LogP contribution in [0.25, 0.3) is 0 Å². The molecule has 0 unspecified atom stereocenters. The van der Waals surface area contributed by atoms with E-state index in [0.29, 0.717) is 17.0 Å². The average Bonchev–Trinajstić information content (AvgIpc) is 2.00. The van der Waals surface area contributed by atoms with E-state index >= 15 is 0 Å². The molecule has 0 bridgehead atoms. The normalized spacial score (nSPS) is 27.0. The van der Waals surface area contributed by atoms with Gasteiger partial charge < -0.3 is 5.73 Å². The van der Waals surface area contributed by atoms with Crippen molar-refractivity contribution in [1.82, 2.24) is 0 Å². The van der Waals surface area contributed by atoms with Gasteiger partial charge in [0.05, 0.1) is 0 Å². The number of halogens is 2. The number of nitrogens with two attached hydrogens (primary N) is 1. The van der Waals surface area contributed by atoms with Crippen LogP contribution < -0.4 is 5.73 Å². The fourth-order valence-electron chi connectivity index (χ4n) is 1.75. The van der Waals surface area contributed by atoms with Crippen molar-refractivity contribution in [3.63, 3.8) is 0 Å². The molecule has 2 N–H and O–H groups in total. The van der Waals surface area contributed by atoms with Gasteiger partial charge in [0.15, 0.2) is 0 Å². The monoisotopic (exact) mass is 215 g/mol. The molecule has 1 saturated carbocycles. The summed E-state index contributed by atoms with van der Waals surface area (Å²) in [5.74, 6) is 0.541. The summed E-state index contributed by atoms with van der Waals surface area (Å²) in [5.41, 5.74) is 6.90. The van der Waals surface area contributed by atoms with E-state index in [-0.39, 0.29) is 0 Å². The molecule has 70 valence electrons. The molecule has 2 rings (SSSR count). The highest BCUT2D eigenvalue weighted by Crippen LogP contribution is 2.39. The predicted molar refractivity (Wildman–Crippen MR) is 56.4 cm³/mol. The van der Waals surface area contributed by atoms with Crippen LogP contribution in [-0.2, 0) is 0 Å². The first-order chi connectivity index (χ1) is 6.16. The third-order valence-corrected chi connectivity index (χ3v) is 3.14. The lowest BCUT2D eigenvalue weighted by Crippen LogP contribution is -2.34. The molecule has 0 saturated heterocycles. The van der Waals surface area contributed by atoms with Crippen LogP contribution in [0.3, 0.4) is 0 Å². The van der Waals surface area contributed by atoms with E-state index in [2.05, 4.69) is 0 Å². The zero-order chi connectivity index (χ0) is 9.42. The quantitative estimate of drug-likeness (QED) is 0.766. The maximum Gasteiger partial charge on any atom is 0.0455 e. The minimum atomic E-state index is 0.358. The maximum absolute atomic E-state index is 6.06. The molecule has 13 heavy (non-hydrogen) atoms. The number of hydrogen-bond acceptors (Lipinski definition) is 1. The Morgan fingerprint density at radius 2 is 1.92 bits per heavy atom. The summed E-state index contributed by atoms with van der Waals surface area (Å²) in [6.07, 6.45) is 2.09. The Balaban J connectivity index is 2.21. The van der Waals surface area contributed by atoms with Crippen molar-refractivity contribution < 1.29 is 0 Å². The minimum absolute atomic E-state index is 0.358. The van der Waals surface area contributed by atoms with Crippen LogP contribution in [0, 0.1) is 0 Å². The summed E-state index contributed by atoms with van der Waals surface area (Å²) in [5, 5.41) is 1.46. The van der Waals surface area contributed by atoms with Gasteiger partial charge in [-0.25, -0.2) is 0 Å². The molecule has 1 aromatic carbocycles. The van der Waals surface area contributed by atoms with E-state index in [4.69, 9.17) is 28.9 Å². The fraction of sp³-hybridized carbons (Fsp3) is 0.400. The summed E-state index contributed by atoms with van der Waals surface area (Å²) in [4.78, 5) is 0. The maximum atomic E-state index is 6.06. The minimum Gasteiger partial charge on any atom is -0.328 e. The van der Waals surface area contributed by atoms with Gasteiger partial charge >= 0.3 is 0 Å². The van der Waals surface area contributed by atoms with Crippen molar-refractivity contribution in [2.75, 3.05) is 0 Å². The van der Waals surface area contributed by atoms with E-state index in [0.717, 1.165) is 17.9 Å². The first-order valence-corrected chi connectivity index (χ1v) is 5.13. The third-order valence-electron chi connectivity index (χ3n) is 2.58. The van der Waals surface area contributed by atoms with Crippen molar-refractivity contribution in [2.45, 2.75) is 24.8 Å². The zero-order valence-corrected chi connectivity index (χ0v) is 8.65. The molecule has 0 amide bonds. The highest BCUT2D eigenvalue weighted by molar-refractivity contribution is 6.35. The molecule has 1 aliphatic rings. The highest BCUT2D eigenvalue weighted by atomic mass is 35.5. The molecule has 1 nitrogen and oxygen atoms in total. The number of hydrogen-bond donors (Lipinski definition) is 1. The van der Waals surface area contributed by atoms with Crippen molar-refractivity contribution in [2.24, 2.45) is 5.73 Å². The molecule has 0 aliphatic heterocycles. The predicted octanol–water partition coefficient (Wildman–Crippen LogP) is 3.20. The Hall–Kier alpha value is -0.240. The van der Waals surface area contributed by atoms with Crippen molar-refractivity contribution >= 4 is 23.2 Å². The van der Waals surface area contributed by atoms with Gasteiger partial charge in [-0.1, -0.05) is 29.3 Å². The van der Waals surface area contributed by atoms with E-state index in [9.17, 15) is 0 Å². The molecule has 1 fully saturated rings. The molecular weight excluding hydrogens is 205 g/mol. The third kappa shape index (κ3) is 1.83. The van der Waals surface area contributed by atoms with Crippen LogP contribution in [0.4, 0.5) is 0 Å². The van der Waals surface area contributed by atoms with Gasteiger partial charge in [-0.2, -0.15) is 0 Å². The summed E-state index contributed by atoms with van der Waals surface area (Å²) < 4.78 is 0. The molecule has 0 spiro atoms. The van der Waals surface area contributed by atoms with Crippen molar-refractivity contribution in [3.8, 4) is 0 Å². The standard InChI is InChI=1S/C10H11Cl2N/c11-7-1-2-9(10(12)5-7)6-3-8(13)4-6/h1-2,5-6,8H,3-4,13H2. The molecule has 0 radical (unpaired) electrons. The molecule has 0 heterocycles. The molecular formula is C10H11Cl2N. The Morgan fingerprint density at radius 3 is 2.46 bits per heavy atom. The highest BCUT2D eigenvalue weighted by Gasteiger charge is 2.28. The van der Waals surface area contributed by atoms with Crippen LogP contribution >= 0.6 is 23.2 Å². The Bertz CT molecular complexity index is 319. The second-order valence-corrected chi connectivity index (χ2v) is 4.44. The van der Waals surface area contributed by atoms with E-state index < -0.39 is 0 Å². The van der Waals surface area contributed by atoms with Gasteiger partial charge in [0.1, 0.15) is 0 Å². The first-order valence-electron chi connectivity index (χ1n) is 4.37. The van der Waals surface area contributed by atoms with Gasteiger partial charge in [0, 0.05) is 16.1 Å². The largest absolute Gasteiger partial charge is 0.328 e. The van der Waals surface area contributed by atoms with E-state index in [1.54, 1.807) is 6.07 Å². The van der Waals surface area contributed by atoms with E-state index in [1.807, 2.05) is 12.1 Å². The lowest BCUT2D eigenvalue weighted by molar-refractivity contribution is 0.351. The fourth-order valence-corrected chi connectivity index (χ4v) is 2.31. The van der Waals surface area contributed by atoms with Gasteiger partial charge in [-0.05, 0) is 36.5 Å². The van der Waals surface area contributed by atoms with Crippen molar-refractivity contribution in [1.29, 1.82) is 0 Å². The first kappa shape index (κ1) is 9.32. The smallest absolute Gasteiger partial charge is 0.0455 e. The molecule has 1 aliphatic carbocycles. The summed E-state index contributed by atoms with van der Waals surface area (Å²) in [6.45, 7) is 0. The van der Waals surface area contributed by atoms with Gasteiger partial charge in [0.2, 0.25) is 0 Å². The lowest BCUT2D eigenvalue weighted by atomic mass is 9.76. The molecule has 3 heteroatoms. The van der Waals surface area contributed by atoms with E-state index in [1.165, 1.54) is 5.56 Å². The average molecular weight is 216 g/mol.